The van der Waals surface area contributed by atoms with Crippen molar-refractivity contribution in [3.05, 3.63) is 22.8 Å². The lowest BCUT2D eigenvalue weighted by atomic mass is 9.96. The number of benzene rings is 1. The van der Waals surface area contributed by atoms with Crippen LogP contribution in [0.3, 0.4) is 0 Å². The molecule has 0 atom stereocenters. The summed E-state index contributed by atoms with van der Waals surface area (Å²) in [5.74, 6) is 1.52. The van der Waals surface area contributed by atoms with Crippen LogP contribution >= 0.6 is 0 Å². The Hall–Kier alpha value is -1.26. The van der Waals surface area contributed by atoms with Crippen molar-refractivity contribution in [3.8, 4) is 11.5 Å². The van der Waals surface area contributed by atoms with E-state index >= 15 is 0 Å². The Bertz CT molecular complexity index is 417. The molecule has 0 unspecified atom stereocenters. The predicted octanol–water partition coefficient (Wildman–Crippen LogP) is 0.596. The van der Waals surface area contributed by atoms with E-state index in [0.29, 0.717) is 0 Å². The predicted molar refractivity (Wildman–Crippen MR) is 58.8 cm³/mol. The fourth-order valence-electron chi connectivity index (χ4n) is 2.47. The Kier molecular flexibility index (Phi) is 2.46. The van der Waals surface area contributed by atoms with Gasteiger partial charge in [-0.15, -0.1) is 0 Å². The highest BCUT2D eigenvalue weighted by Crippen LogP contribution is 2.40. The van der Waals surface area contributed by atoms with Crippen LogP contribution in [0, 0.1) is 0 Å². The minimum atomic E-state index is 0.0227. The van der Waals surface area contributed by atoms with E-state index in [4.69, 9.17) is 9.47 Å². The summed E-state index contributed by atoms with van der Waals surface area (Å²) >= 11 is 0. The van der Waals surface area contributed by atoms with E-state index in [1.54, 1.807) is 0 Å². The first-order chi connectivity index (χ1) is 7.90. The Morgan fingerprint density at radius 3 is 3.00 bits per heavy atom. The number of nitrogens with one attached hydrogen (secondary N) is 1. The van der Waals surface area contributed by atoms with Gasteiger partial charge in [-0.2, -0.15) is 0 Å². The molecule has 1 aromatic rings. The van der Waals surface area contributed by atoms with Crippen molar-refractivity contribution in [2.24, 2.45) is 0 Å². The Morgan fingerprint density at radius 1 is 1.25 bits per heavy atom. The first kappa shape index (κ1) is 9.93. The molecule has 0 bridgehead atoms. The molecule has 0 aromatic heterocycles. The van der Waals surface area contributed by atoms with Crippen molar-refractivity contribution in [2.45, 2.75) is 19.4 Å². The lowest BCUT2D eigenvalue weighted by Gasteiger charge is -2.13. The third-order valence-corrected chi connectivity index (χ3v) is 3.25. The van der Waals surface area contributed by atoms with Crippen molar-refractivity contribution in [1.29, 1.82) is 0 Å². The smallest absolute Gasteiger partial charge is 0.231 e. The molecule has 0 saturated heterocycles. The van der Waals surface area contributed by atoms with Crippen molar-refractivity contribution >= 4 is 0 Å². The van der Waals surface area contributed by atoms with Gasteiger partial charge in [0.05, 0.1) is 6.61 Å². The minimum absolute atomic E-state index is 0.0227. The topological polar surface area (TPSA) is 50.7 Å². The number of rotatable bonds is 1. The Balaban J connectivity index is 2.15. The monoisotopic (exact) mass is 221 g/mol. The van der Waals surface area contributed by atoms with E-state index in [-0.39, 0.29) is 13.4 Å². The molecule has 1 aromatic carbocycles. The Morgan fingerprint density at radius 2 is 2.12 bits per heavy atom. The maximum Gasteiger partial charge on any atom is 0.231 e. The Labute approximate surface area is 94.2 Å². The van der Waals surface area contributed by atoms with Crippen LogP contribution < -0.4 is 14.8 Å². The molecule has 0 spiro atoms. The van der Waals surface area contributed by atoms with E-state index in [0.717, 1.165) is 43.0 Å². The highest BCUT2D eigenvalue weighted by molar-refractivity contribution is 5.56. The van der Waals surface area contributed by atoms with Crippen LogP contribution in [0.25, 0.3) is 0 Å². The molecule has 86 valence electrons. The maximum absolute atomic E-state index is 9.49. The van der Waals surface area contributed by atoms with Crippen molar-refractivity contribution in [2.75, 3.05) is 19.9 Å². The average Bonchev–Trinajstić information content (AvgIpc) is 2.63. The quantitative estimate of drug-likeness (QED) is 0.729. The molecule has 0 radical (unpaired) electrons. The number of aliphatic hydroxyl groups is 1. The molecule has 2 N–H and O–H groups in total. The fourth-order valence-corrected chi connectivity index (χ4v) is 2.47. The zero-order valence-electron chi connectivity index (χ0n) is 9.08. The third kappa shape index (κ3) is 1.45. The van der Waals surface area contributed by atoms with Gasteiger partial charge in [-0.1, -0.05) is 0 Å². The van der Waals surface area contributed by atoms with Gasteiger partial charge in [0.15, 0.2) is 11.5 Å². The van der Waals surface area contributed by atoms with Crippen LogP contribution in [0.5, 0.6) is 11.5 Å². The second-order valence-corrected chi connectivity index (χ2v) is 4.13. The third-order valence-electron chi connectivity index (χ3n) is 3.25. The highest BCUT2D eigenvalue weighted by atomic mass is 16.7. The molecule has 0 aliphatic carbocycles. The van der Waals surface area contributed by atoms with Crippen LogP contribution in [0.15, 0.2) is 6.07 Å². The summed E-state index contributed by atoms with van der Waals surface area (Å²) in [4.78, 5) is 0. The summed E-state index contributed by atoms with van der Waals surface area (Å²) in [5, 5.41) is 12.9. The van der Waals surface area contributed by atoms with Gasteiger partial charge in [-0.05, 0) is 43.1 Å². The minimum Gasteiger partial charge on any atom is -0.454 e. The van der Waals surface area contributed by atoms with Crippen LogP contribution in [-0.2, 0) is 19.4 Å². The van der Waals surface area contributed by atoms with E-state index in [1.807, 2.05) is 0 Å². The SMILES string of the molecule is OCc1c2c(cc3c1OCO3)CCNCC2. The second-order valence-electron chi connectivity index (χ2n) is 4.13. The molecule has 2 heterocycles. The highest BCUT2D eigenvalue weighted by Gasteiger charge is 2.24. The lowest BCUT2D eigenvalue weighted by molar-refractivity contribution is 0.171. The fraction of sp³-hybridized carbons (Fsp3) is 0.500. The molecule has 2 aliphatic rings. The zero-order valence-corrected chi connectivity index (χ0v) is 9.08. The van der Waals surface area contributed by atoms with Crippen molar-refractivity contribution in [3.63, 3.8) is 0 Å². The van der Waals surface area contributed by atoms with Gasteiger partial charge in [0.1, 0.15) is 0 Å². The summed E-state index contributed by atoms with van der Waals surface area (Å²) in [6.45, 7) is 2.23. The molecule has 0 fully saturated rings. The number of fused-ring (bicyclic) bond motifs is 2. The molecular formula is C12H15NO3. The van der Waals surface area contributed by atoms with Gasteiger partial charge in [0, 0.05) is 5.56 Å². The molecule has 4 nitrogen and oxygen atoms in total. The van der Waals surface area contributed by atoms with E-state index in [1.165, 1.54) is 11.1 Å². The number of hydrogen-bond acceptors (Lipinski definition) is 4. The second kappa shape index (κ2) is 3.96. The normalized spacial score (nSPS) is 18.1. The molecule has 0 saturated carbocycles. The van der Waals surface area contributed by atoms with Crippen LogP contribution in [0.4, 0.5) is 0 Å². The lowest BCUT2D eigenvalue weighted by Crippen LogP contribution is -2.16. The maximum atomic E-state index is 9.49. The number of hydrogen-bond donors (Lipinski definition) is 2. The summed E-state index contributed by atoms with van der Waals surface area (Å²) in [5.41, 5.74) is 3.42. The van der Waals surface area contributed by atoms with Gasteiger partial charge in [0.25, 0.3) is 0 Å². The van der Waals surface area contributed by atoms with Gasteiger partial charge in [-0.3, -0.25) is 0 Å². The van der Waals surface area contributed by atoms with Gasteiger partial charge in [0.2, 0.25) is 6.79 Å². The summed E-state index contributed by atoms with van der Waals surface area (Å²) in [7, 11) is 0. The molecule has 16 heavy (non-hydrogen) atoms. The number of ether oxygens (including phenoxy) is 2. The van der Waals surface area contributed by atoms with Crippen LogP contribution in [-0.4, -0.2) is 25.0 Å². The summed E-state index contributed by atoms with van der Waals surface area (Å²) < 4.78 is 10.8. The molecule has 2 aliphatic heterocycles. The standard InChI is InChI=1S/C12H15NO3/c14-6-10-9-2-4-13-3-1-8(9)5-11-12(10)16-7-15-11/h5,13-14H,1-4,6-7H2. The zero-order chi connectivity index (χ0) is 11.0. The van der Waals surface area contributed by atoms with E-state index in [9.17, 15) is 5.11 Å². The largest absolute Gasteiger partial charge is 0.454 e. The van der Waals surface area contributed by atoms with Gasteiger partial charge >= 0.3 is 0 Å². The van der Waals surface area contributed by atoms with Crippen molar-refractivity contribution < 1.29 is 14.6 Å². The van der Waals surface area contributed by atoms with Crippen LogP contribution in [0.1, 0.15) is 16.7 Å². The van der Waals surface area contributed by atoms with E-state index < -0.39 is 0 Å². The first-order valence-electron chi connectivity index (χ1n) is 5.65. The molecule has 0 amide bonds. The molecular weight excluding hydrogens is 206 g/mol. The molecule has 4 heteroatoms. The number of aliphatic hydroxyl groups excluding tert-OH is 1. The van der Waals surface area contributed by atoms with Gasteiger partial charge in [-0.25, -0.2) is 0 Å². The van der Waals surface area contributed by atoms with Crippen LogP contribution in [0.2, 0.25) is 0 Å². The first-order valence-corrected chi connectivity index (χ1v) is 5.65. The summed E-state index contributed by atoms with van der Waals surface area (Å²) in [6.07, 6.45) is 1.93. The van der Waals surface area contributed by atoms with Gasteiger partial charge < -0.3 is 19.9 Å². The van der Waals surface area contributed by atoms with Crippen molar-refractivity contribution in [1.82, 2.24) is 5.32 Å². The molecule has 3 rings (SSSR count). The average molecular weight is 221 g/mol. The summed E-state index contributed by atoms with van der Waals surface area (Å²) in [6, 6.07) is 2.06. The van der Waals surface area contributed by atoms with E-state index in [2.05, 4.69) is 11.4 Å².